The number of hydrogen-bond acceptors (Lipinski definition) is 3. The number of hydrogen-bond donors (Lipinski definition) is 1. The zero-order chi connectivity index (χ0) is 20.2. The van der Waals surface area contributed by atoms with Crippen molar-refractivity contribution in [1.82, 2.24) is 9.97 Å². The summed E-state index contributed by atoms with van der Waals surface area (Å²) in [7, 11) is 0. The van der Waals surface area contributed by atoms with Crippen LogP contribution in [-0.4, -0.2) is 16.1 Å². The summed E-state index contributed by atoms with van der Waals surface area (Å²) in [6.45, 7) is 9.07. The van der Waals surface area contributed by atoms with Gasteiger partial charge in [0.15, 0.2) is 0 Å². The van der Waals surface area contributed by atoms with Crippen molar-refractivity contribution < 1.29 is 0 Å². The van der Waals surface area contributed by atoms with Gasteiger partial charge in [-0.1, -0.05) is 48.5 Å². The number of benzene rings is 3. The number of anilines is 3. The van der Waals surface area contributed by atoms with Gasteiger partial charge in [-0.25, -0.2) is 4.98 Å². The molecule has 5 rings (SSSR count). The topological polar surface area (TPSA) is 35.2 Å². The molecule has 4 aromatic rings. The number of H-pyrrole nitrogens is 1. The molecule has 0 fully saturated rings. The zero-order valence-electron chi connectivity index (χ0n) is 17.3. The van der Waals surface area contributed by atoms with Gasteiger partial charge in [0.25, 0.3) is 0 Å². The average Bonchev–Trinajstić information content (AvgIpc) is 3.25. The van der Waals surface area contributed by atoms with Crippen LogP contribution < -0.4 is 9.80 Å². The second-order valence-corrected chi connectivity index (χ2v) is 8.31. The Morgan fingerprint density at radius 3 is 2.28 bits per heavy atom. The van der Waals surface area contributed by atoms with Crippen molar-refractivity contribution in [3.05, 3.63) is 83.9 Å². The quantitative estimate of drug-likeness (QED) is 0.464. The summed E-state index contributed by atoms with van der Waals surface area (Å²) >= 11 is 0. The van der Waals surface area contributed by atoms with E-state index in [1.54, 1.807) is 0 Å². The number of nitrogens with zero attached hydrogens (tertiary/aromatic N) is 3. The highest BCUT2D eigenvalue weighted by Crippen LogP contribution is 2.49. The van der Waals surface area contributed by atoms with Gasteiger partial charge >= 0.3 is 0 Å². The van der Waals surface area contributed by atoms with Crippen molar-refractivity contribution in [2.45, 2.75) is 39.4 Å². The van der Waals surface area contributed by atoms with E-state index in [0.29, 0.717) is 0 Å². The van der Waals surface area contributed by atoms with Crippen molar-refractivity contribution >= 4 is 28.4 Å². The number of nitrogens with one attached hydrogen (secondary N) is 1. The summed E-state index contributed by atoms with van der Waals surface area (Å²) in [5.74, 6) is 0.884. The fourth-order valence-electron chi connectivity index (χ4n) is 4.89. The number of aryl methyl sites for hydroxylation is 1. The highest BCUT2D eigenvalue weighted by atomic mass is 15.5. The van der Waals surface area contributed by atoms with Gasteiger partial charge in [0.05, 0.1) is 27.9 Å². The molecule has 2 heterocycles. The van der Waals surface area contributed by atoms with E-state index >= 15 is 0 Å². The molecule has 1 aliphatic heterocycles. The molecular formula is C25H26N4. The molecule has 0 saturated heterocycles. The molecule has 0 bridgehead atoms. The molecule has 1 unspecified atom stereocenters. The van der Waals surface area contributed by atoms with E-state index in [1.165, 1.54) is 22.5 Å². The summed E-state index contributed by atoms with van der Waals surface area (Å²) in [5, 5.41) is 0. The first-order valence-electron chi connectivity index (χ1n) is 10.2. The highest BCUT2D eigenvalue weighted by Gasteiger charge is 2.43. The zero-order valence-corrected chi connectivity index (χ0v) is 17.3. The minimum atomic E-state index is -0.179. The van der Waals surface area contributed by atoms with E-state index in [-0.39, 0.29) is 11.7 Å². The van der Waals surface area contributed by atoms with Crippen LogP contribution in [0.5, 0.6) is 0 Å². The fourth-order valence-corrected chi connectivity index (χ4v) is 4.89. The van der Waals surface area contributed by atoms with Crippen LogP contribution in [0.3, 0.4) is 0 Å². The van der Waals surface area contributed by atoms with Gasteiger partial charge in [-0.15, -0.1) is 0 Å². The summed E-state index contributed by atoms with van der Waals surface area (Å²) in [6.07, 6.45) is 0.113. The van der Waals surface area contributed by atoms with Crippen LogP contribution in [0.15, 0.2) is 72.8 Å². The Morgan fingerprint density at radius 2 is 1.52 bits per heavy atom. The van der Waals surface area contributed by atoms with Crippen LogP contribution in [-0.2, 0) is 5.54 Å². The highest BCUT2D eigenvalue weighted by molar-refractivity contribution is 5.86. The van der Waals surface area contributed by atoms with Gasteiger partial charge in [-0.2, -0.15) is 0 Å². The molecule has 29 heavy (non-hydrogen) atoms. The third-order valence-electron chi connectivity index (χ3n) is 6.16. The minimum absolute atomic E-state index is 0.113. The SMILES string of the molecule is Cc1ccccc1C(C)(C)N1c2ccccc2N(c2nc3ccccc3[nH]2)C1C. The first kappa shape index (κ1) is 17.8. The summed E-state index contributed by atoms with van der Waals surface area (Å²) in [6, 6.07) is 25.5. The molecule has 0 aliphatic carbocycles. The second-order valence-electron chi connectivity index (χ2n) is 8.31. The first-order valence-corrected chi connectivity index (χ1v) is 10.2. The Bertz CT molecular complexity index is 1160. The van der Waals surface area contributed by atoms with Crippen LogP contribution in [0.1, 0.15) is 31.9 Å². The van der Waals surface area contributed by atoms with Crippen molar-refractivity contribution in [3.8, 4) is 0 Å². The van der Waals surface area contributed by atoms with E-state index < -0.39 is 0 Å². The molecule has 0 saturated carbocycles. The maximum absolute atomic E-state index is 4.89. The number of fused-ring (bicyclic) bond motifs is 2. The summed E-state index contributed by atoms with van der Waals surface area (Å²) in [5.41, 5.74) is 6.93. The molecule has 1 aromatic heterocycles. The van der Waals surface area contributed by atoms with Gasteiger partial charge in [0, 0.05) is 0 Å². The van der Waals surface area contributed by atoms with E-state index in [9.17, 15) is 0 Å². The predicted molar refractivity (Wildman–Crippen MR) is 121 cm³/mol. The molecular weight excluding hydrogens is 356 g/mol. The number of rotatable bonds is 3. The Kier molecular flexibility index (Phi) is 3.91. The number of aromatic nitrogens is 2. The van der Waals surface area contributed by atoms with Crippen LogP contribution in [0.2, 0.25) is 0 Å². The molecule has 0 spiro atoms. The van der Waals surface area contributed by atoms with Crippen molar-refractivity contribution in [3.63, 3.8) is 0 Å². The smallest absolute Gasteiger partial charge is 0.210 e. The third kappa shape index (κ3) is 2.63. The van der Waals surface area contributed by atoms with Crippen molar-refractivity contribution in [2.75, 3.05) is 9.80 Å². The molecule has 4 heteroatoms. The third-order valence-corrected chi connectivity index (χ3v) is 6.16. The Hall–Kier alpha value is -3.27. The molecule has 0 amide bonds. The summed E-state index contributed by atoms with van der Waals surface area (Å²) < 4.78 is 0. The molecule has 0 radical (unpaired) electrons. The second kappa shape index (κ2) is 6.38. The van der Waals surface area contributed by atoms with Gasteiger partial charge in [-0.05, 0) is 63.1 Å². The molecule has 4 nitrogen and oxygen atoms in total. The maximum Gasteiger partial charge on any atom is 0.210 e. The van der Waals surface area contributed by atoms with Crippen LogP contribution in [0.4, 0.5) is 17.3 Å². The summed E-state index contributed by atoms with van der Waals surface area (Å²) in [4.78, 5) is 13.2. The number of imidazole rings is 1. The lowest BCUT2D eigenvalue weighted by molar-refractivity contribution is 0.445. The largest absolute Gasteiger partial charge is 0.340 e. The molecule has 146 valence electrons. The van der Waals surface area contributed by atoms with Crippen LogP contribution >= 0.6 is 0 Å². The number of para-hydroxylation sites is 4. The lowest BCUT2D eigenvalue weighted by atomic mass is 9.88. The lowest BCUT2D eigenvalue weighted by Crippen LogP contribution is -2.49. The van der Waals surface area contributed by atoms with Crippen molar-refractivity contribution in [1.29, 1.82) is 0 Å². The van der Waals surface area contributed by atoms with E-state index in [2.05, 4.69) is 103 Å². The minimum Gasteiger partial charge on any atom is -0.340 e. The predicted octanol–water partition coefficient (Wildman–Crippen LogP) is 6.11. The van der Waals surface area contributed by atoms with Gasteiger partial charge < -0.3 is 9.88 Å². The maximum atomic E-state index is 4.89. The van der Waals surface area contributed by atoms with E-state index in [0.717, 1.165) is 17.0 Å². The van der Waals surface area contributed by atoms with Crippen LogP contribution in [0, 0.1) is 6.92 Å². The van der Waals surface area contributed by atoms with Crippen LogP contribution in [0.25, 0.3) is 11.0 Å². The molecule has 1 N–H and O–H groups in total. The van der Waals surface area contributed by atoms with Gasteiger partial charge in [-0.3, -0.25) is 4.90 Å². The molecule has 3 aromatic carbocycles. The first-order chi connectivity index (χ1) is 14.0. The average molecular weight is 383 g/mol. The standard InChI is InChI=1S/C25H26N4/c1-17-11-5-6-12-19(17)25(3,4)29-18(2)28(22-15-9-10-16-23(22)29)24-26-20-13-7-8-14-21(20)27-24/h5-16,18H,1-4H3,(H,26,27). The molecule has 1 atom stereocenters. The molecule has 1 aliphatic rings. The fraction of sp³-hybridized carbons (Fsp3) is 0.240. The van der Waals surface area contributed by atoms with Crippen molar-refractivity contribution in [2.24, 2.45) is 0 Å². The number of aromatic amines is 1. The Labute approximate surface area is 171 Å². The Balaban J connectivity index is 1.66. The monoisotopic (exact) mass is 382 g/mol. The van der Waals surface area contributed by atoms with E-state index in [1.807, 2.05) is 12.1 Å². The normalized spacial score (nSPS) is 16.5. The Morgan fingerprint density at radius 1 is 0.862 bits per heavy atom. The van der Waals surface area contributed by atoms with E-state index in [4.69, 9.17) is 4.98 Å². The van der Waals surface area contributed by atoms with Gasteiger partial charge in [0.1, 0.15) is 6.17 Å². The lowest BCUT2D eigenvalue weighted by Gasteiger charge is -2.42. The van der Waals surface area contributed by atoms with Gasteiger partial charge in [0.2, 0.25) is 5.95 Å².